The van der Waals surface area contributed by atoms with Crippen LogP contribution in [0.15, 0.2) is 47.5 Å². The third kappa shape index (κ3) is 4.25. The van der Waals surface area contributed by atoms with E-state index in [9.17, 15) is 18.3 Å². The van der Waals surface area contributed by atoms with Crippen LogP contribution in [0.3, 0.4) is 0 Å². The van der Waals surface area contributed by atoms with Crippen LogP contribution >= 0.6 is 0 Å². The Balaban J connectivity index is 2.17. The molecule has 8 heteroatoms. The molecule has 2 aromatic carbocycles. The summed E-state index contributed by atoms with van der Waals surface area (Å²) in [4.78, 5) is 12.3. The third-order valence-electron chi connectivity index (χ3n) is 5.26. The number of carbonyl (C=O) groups is 1. The van der Waals surface area contributed by atoms with Crippen molar-refractivity contribution in [2.75, 3.05) is 11.8 Å². The number of rotatable bonds is 6. The number of aromatic nitrogens is 1. The number of nitrogens with zero attached hydrogens (tertiary/aromatic N) is 1. The van der Waals surface area contributed by atoms with Crippen LogP contribution in [-0.4, -0.2) is 31.2 Å². The Bertz CT molecular complexity index is 1230. The molecule has 0 fully saturated rings. The third-order valence-corrected chi connectivity index (χ3v) is 6.93. The predicted octanol–water partition coefficient (Wildman–Crippen LogP) is 4.74. The van der Waals surface area contributed by atoms with Crippen molar-refractivity contribution in [3.63, 3.8) is 0 Å². The van der Waals surface area contributed by atoms with Crippen LogP contribution < -0.4 is 9.46 Å². The van der Waals surface area contributed by atoms with Gasteiger partial charge < -0.3 is 14.4 Å². The van der Waals surface area contributed by atoms with E-state index in [1.165, 1.54) is 7.11 Å². The molecule has 1 heterocycles. The molecule has 31 heavy (non-hydrogen) atoms. The zero-order valence-electron chi connectivity index (χ0n) is 18.6. The average molecular weight is 445 g/mol. The quantitative estimate of drug-likeness (QED) is 0.572. The molecule has 166 valence electrons. The minimum atomic E-state index is -3.93. The summed E-state index contributed by atoms with van der Waals surface area (Å²) < 4.78 is 36.2. The average Bonchev–Trinajstić information content (AvgIpc) is 3.03. The van der Waals surface area contributed by atoms with Crippen LogP contribution in [-0.2, 0) is 14.8 Å². The molecule has 7 nitrogen and oxygen atoms in total. The van der Waals surface area contributed by atoms with Crippen molar-refractivity contribution in [3.05, 3.63) is 53.7 Å². The van der Waals surface area contributed by atoms with Gasteiger partial charge in [0, 0.05) is 11.6 Å². The van der Waals surface area contributed by atoms with Gasteiger partial charge in [0.05, 0.1) is 23.2 Å². The maximum Gasteiger partial charge on any atom is 0.327 e. The van der Waals surface area contributed by atoms with Crippen LogP contribution in [0.5, 0.6) is 5.75 Å². The highest BCUT2D eigenvalue weighted by atomic mass is 32.2. The molecule has 3 aromatic rings. The SMILES string of the molecule is COc1cc(C)c(S(=O)(=O)Nc2cccc3ccn(C(C(=O)O)C(C)(C)C)c23)c(C)c1. The first kappa shape index (κ1) is 22.7. The maximum absolute atomic E-state index is 13.3. The van der Waals surface area contributed by atoms with Gasteiger partial charge in [-0.15, -0.1) is 0 Å². The number of hydrogen-bond acceptors (Lipinski definition) is 4. The summed E-state index contributed by atoms with van der Waals surface area (Å²) in [5.41, 5.74) is 1.38. The molecular weight excluding hydrogens is 416 g/mol. The van der Waals surface area contributed by atoms with Gasteiger partial charge in [0.25, 0.3) is 10.0 Å². The second kappa shape index (κ2) is 7.92. The number of anilines is 1. The van der Waals surface area contributed by atoms with Crippen LogP contribution in [0.25, 0.3) is 10.9 Å². The van der Waals surface area contributed by atoms with Crippen molar-refractivity contribution in [1.82, 2.24) is 4.57 Å². The predicted molar refractivity (Wildman–Crippen MR) is 121 cm³/mol. The van der Waals surface area contributed by atoms with Crippen molar-refractivity contribution >= 4 is 32.6 Å². The number of carboxylic acid groups (broad SMARTS) is 1. The van der Waals surface area contributed by atoms with Crippen molar-refractivity contribution in [2.24, 2.45) is 5.41 Å². The Hall–Kier alpha value is -3.00. The Morgan fingerprint density at radius 1 is 1.13 bits per heavy atom. The summed E-state index contributed by atoms with van der Waals surface area (Å²) in [6.45, 7) is 8.96. The zero-order valence-corrected chi connectivity index (χ0v) is 19.4. The summed E-state index contributed by atoms with van der Waals surface area (Å²) in [5, 5.41) is 10.6. The van der Waals surface area contributed by atoms with E-state index in [2.05, 4.69) is 4.72 Å². The highest BCUT2D eigenvalue weighted by Gasteiger charge is 2.34. The molecule has 0 saturated carbocycles. The number of nitrogens with one attached hydrogen (secondary N) is 1. The molecule has 2 N–H and O–H groups in total. The number of benzene rings is 2. The van der Waals surface area contributed by atoms with E-state index in [4.69, 9.17) is 4.74 Å². The maximum atomic E-state index is 13.3. The number of aryl methyl sites for hydroxylation is 2. The fourth-order valence-electron chi connectivity index (χ4n) is 4.07. The topological polar surface area (TPSA) is 97.6 Å². The van der Waals surface area contributed by atoms with Gasteiger partial charge in [-0.2, -0.15) is 0 Å². The van der Waals surface area contributed by atoms with Gasteiger partial charge in [0.1, 0.15) is 11.8 Å². The molecule has 0 radical (unpaired) electrons. The standard InChI is InChI=1S/C23H28N2O5S/c1-14-12-17(30-6)13-15(2)20(14)31(28,29)24-18-9-7-8-16-10-11-25(19(16)18)21(22(26)27)23(3,4)5/h7-13,21,24H,1-6H3,(H,26,27). The van der Waals surface area contributed by atoms with Gasteiger partial charge >= 0.3 is 5.97 Å². The summed E-state index contributed by atoms with van der Waals surface area (Å²) in [6.07, 6.45) is 1.69. The Morgan fingerprint density at radius 3 is 2.26 bits per heavy atom. The molecule has 0 aliphatic rings. The summed E-state index contributed by atoms with van der Waals surface area (Å²) in [7, 11) is -2.40. The van der Waals surface area contributed by atoms with Crippen LogP contribution in [0.2, 0.25) is 0 Å². The fourth-order valence-corrected chi connectivity index (χ4v) is 5.59. The first-order valence-corrected chi connectivity index (χ1v) is 11.4. The zero-order chi connectivity index (χ0) is 23.1. The summed E-state index contributed by atoms with van der Waals surface area (Å²) >= 11 is 0. The highest BCUT2D eigenvalue weighted by Crippen LogP contribution is 2.37. The number of ether oxygens (including phenoxy) is 1. The lowest BCUT2D eigenvalue weighted by Gasteiger charge is -2.29. The van der Waals surface area contributed by atoms with E-state index in [1.54, 1.807) is 54.9 Å². The van der Waals surface area contributed by atoms with E-state index in [0.29, 0.717) is 28.1 Å². The minimum absolute atomic E-state index is 0.175. The molecule has 0 aliphatic carbocycles. The van der Waals surface area contributed by atoms with E-state index < -0.39 is 27.4 Å². The summed E-state index contributed by atoms with van der Waals surface area (Å²) in [6, 6.07) is 9.47. The van der Waals surface area contributed by atoms with Crippen molar-refractivity contribution < 1.29 is 23.1 Å². The van der Waals surface area contributed by atoms with Crippen molar-refractivity contribution in [2.45, 2.75) is 45.6 Å². The van der Waals surface area contributed by atoms with E-state index in [-0.39, 0.29) is 4.90 Å². The molecule has 0 aliphatic heterocycles. The smallest absolute Gasteiger partial charge is 0.327 e. The summed E-state index contributed by atoms with van der Waals surface area (Å²) in [5.74, 6) is -0.399. The molecule has 1 unspecified atom stereocenters. The minimum Gasteiger partial charge on any atom is -0.497 e. The Morgan fingerprint density at radius 2 is 1.74 bits per heavy atom. The van der Waals surface area contributed by atoms with E-state index in [0.717, 1.165) is 5.39 Å². The Kier molecular flexibility index (Phi) is 5.80. The number of aliphatic carboxylic acids is 1. The van der Waals surface area contributed by atoms with Crippen LogP contribution in [0.4, 0.5) is 5.69 Å². The van der Waals surface area contributed by atoms with Crippen molar-refractivity contribution in [1.29, 1.82) is 0 Å². The fraction of sp³-hybridized carbons (Fsp3) is 0.348. The number of para-hydroxylation sites is 1. The number of carboxylic acids is 1. The normalized spacial score (nSPS) is 13.2. The second-order valence-electron chi connectivity index (χ2n) is 8.77. The molecular formula is C23H28N2O5S. The van der Waals surface area contributed by atoms with Gasteiger partial charge in [0.2, 0.25) is 0 Å². The van der Waals surface area contributed by atoms with Gasteiger partial charge in [-0.1, -0.05) is 32.9 Å². The highest BCUT2D eigenvalue weighted by molar-refractivity contribution is 7.92. The molecule has 0 spiro atoms. The van der Waals surface area contributed by atoms with Gasteiger partial charge in [-0.05, 0) is 54.7 Å². The first-order chi connectivity index (χ1) is 14.4. The largest absolute Gasteiger partial charge is 0.497 e. The van der Waals surface area contributed by atoms with E-state index >= 15 is 0 Å². The van der Waals surface area contributed by atoms with Crippen LogP contribution in [0, 0.1) is 19.3 Å². The van der Waals surface area contributed by atoms with Gasteiger partial charge in [-0.25, -0.2) is 13.2 Å². The monoisotopic (exact) mass is 444 g/mol. The number of methoxy groups -OCH3 is 1. The molecule has 0 amide bonds. The molecule has 3 rings (SSSR count). The molecule has 0 saturated heterocycles. The number of fused-ring (bicyclic) bond motifs is 1. The first-order valence-electron chi connectivity index (χ1n) is 9.87. The molecule has 1 atom stereocenters. The van der Waals surface area contributed by atoms with Gasteiger partial charge in [0.15, 0.2) is 0 Å². The van der Waals surface area contributed by atoms with Crippen LogP contribution in [0.1, 0.15) is 37.9 Å². The lowest BCUT2D eigenvalue weighted by Crippen LogP contribution is -2.31. The van der Waals surface area contributed by atoms with Crippen molar-refractivity contribution in [3.8, 4) is 5.75 Å². The second-order valence-corrected chi connectivity index (χ2v) is 10.4. The molecule has 1 aromatic heterocycles. The lowest BCUT2D eigenvalue weighted by atomic mass is 9.86. The van der Waals surface area contributed by atoms with E-state index in [1.807, 2.05) is 26.8 Å². The number of hydrogen-bond donors (Lipinski definition) is 2. The Labute approximate surface area is 182 Å². The molecule has 0 bridgehead atoms. The number of sulfonamides is 1. The lowest BCUT2D eigenvalue weighted by molar-refractivity contribution is -0.144. The van der Waals surface area contributed by atoms with Gasteiger partial charge in [-0.3, -0.25) is 4.72 Å².